The van der Waals surface area contributed by atoms with Crippen LogP contribution in [0.4, 0.5) is 13.2 Å². The summed E-state index contributed by atoms with van der Waals surface area (Å²) in [5.74, 6) is 0.0300. The second kappa shape index (κ2) is 11.6. The van der Waals surface area contributed by atoms with Gasteiger partial charge in [-0.2, -0.15) is 0 Å². The highest BCUT2D eigenvalue weighted by Crippen LogP contribution is 2.42. The van der Waals surface area contributed by atoms with Crippen LogP contribution in [0, 0.1) is 29.3 Å². The summed E-state index contributed by atoms with van der Waals surface area (Å²) in [6.07, 6.45) is 14.8. The predicted octanol–water partition coefficient (Wildman–Crippen LogP) is 9.73. The van der Waals surface area contributed by atoms with Crippen LogP contribution in [0.3, 0.4) is 0 Å². The third kappa shape index (κ3) is 5.78. The zero-order valence-corrected chi connectivity index (χ0v) is 20.8. The van der Waals surface area contributed by atoms with E-state index in [4.69, 9.17) is 0 Å². The molecule has 0 aromatic heterocycles. The summed E-state index contributed by atoms with van der Waals surface area (Å²) in [6.45, 7) is 4.27. The summed E-state index contributed by atoms with van der Waals surface area (Å²) in [5.41, 5.74) is 2.80. The molecule has 0 bridgehead atoms. The molecule has 0 aliphatic heterocycles. The van der Waals surface area contributed by atoms with Gasteiger partial charge in [0.15, 0.2) is 11.6 Å². The molecule has 184 valence electrons. The summed E-state index contributed by atoms with van der Waals surface area (Å²) in [7, 11) is 0. The lowest BCUT2D eigenvalue weighted by Gasteiger charge is -2.30. The average molecular weight is 469 g/mol. The zero-order valence-electron chi connectivity index (χ0n) is 20.8. The van der Waals surface area contributed by atoms with Crippen LogP contribution < -0.4 is 0 Å². The number of aryl methyl sites for hydroxylation is 1. The first-order chi connectivity index (χ1) is 16.5. The van der Waals surface area contributed by atoms with E-state index >= 15 is 8.78 Å². The highest BCUT2D eigenvalue weighted by atomic mass is 19.2. The molecule has 2 aliphatic carbocycles. The van der Waals surface area contributed by atoms with Gasteiger partial charge in [0.1, 0.15) is 5.82 Å². The van der Waals surface area contributed by atoms with Gasteiger partial charge in [-0.3, -0.25) is 0 Å². The van der Waals surface area contributed by atoms with Gasteiger partial charge in [-0.05, 0) is 110 Å². The minimum atomic E-state index is -0.614. The van der Waals surface area contributed by atoms with Gasteiger partial charge in [-0.1, -0.05) is 63.1 Å². The van der Waals surface area contributed by atoms with Crippen LogP contribution >= 0.6 is 0 Å². The minimum absolute atomic E-state index is 0.0785. The zero-order chi connectivity index (χ0) is 24.1. The average Bonchev–Trinajstić information content (AvgIpc) is 2.86. The Labute approximate surface area is 203 Å². The molecular weight excluding hydrogens is 429 g/mol. The number of halogens is 3. The molecule has 2 aliphatic rings. The molecule has 0 spiro atoms. The molecule has 0 N–H and O–H groups in total. The number of hydrogen-bond donors (Lipinski definition) is 0. The normalized spacial score (nSPS) is 25.7. The molecule has 0 nitrogen and oxygen atoms in total. The molecule has 2 fully saturated rings. The third-order valence-electron chi connectivity index (χ3n) is 8.37. The van der Waals surface area contributed by atoms with Crippen LogP contribution in [0.25, 0.3) is 6.08 Å². The van der Waals surface area contributed by atoms with E-state index in [0.29, 0.717) is 17.0 Å². The molecule has 4 rings (SSSR count). The first-order valence-corrected chi connectivity index (χ1v) is 13.4. The molecule has 0 radical (unpaired) electrons. The SMILES string of the molecule is CCCc1ccc(/C=C/C2CCC(c3ccc(C4CCC(CC)CC4)c(F)c3F)CC2)cc1F. The third-order valence-corrected chi connectivity index (χ3v) is 8.37. The van der Waals surface area contributed by atoms with Gasteiger partial charge in [0.05, 0.1) is 0 Å². The van der Waals surface area contributed by atoms with E-state index in [0.717, 1.165) is 81.3 Å². The first kappa shape index (κ1) is 25.1. The van der Waals surface area contributed by atoms with E-state index in [9.17, 15) is 4.39 Å². The smallest absolute Gasteiger partial charge is 0.162 e. The number of rotatable bonds is 7. The quantitative estimate of drug-likeness (QED) is 0.379. The molecule has 0 unspecified atom stereocenters. The minimum Gasteiger partial charge on any atom is -0.207 e. The second-order valence-electron chi connectivity index (χ2n) is 10.6. The maximum Gasteiger partial charge on any atom is 0.162 e. The Morgan fingerprint density at radius 2 is 1.35 bits per heavy atom. The van der Waals surface area contributed by atoms with Crippen molar-refractivity contribution in [3.8, 4) is 0 Å². The molecule has 0 saturated heterocycles. The summed E-state index contributed by atoms with van der Waals surface area (Å²) >= 11 is 0. The summed E-state index contributed by atoms with van der Waals surface area (Å²) < 4.78 is 44.4. The lowest BCUT2D eigenvalue weighted by molar-refractivity contribution is 0.311. The molecule has 2 aromatic rings. The van der Waals surface area contributed by atoms with E-state index in [1.807, 2.05) is 30.3 Å². The Morgan fingerprint density at radius 1 is 0.765 bits per heavy atom. The maximum absolute atomic E-state index is 15.1. The van der Waals surface area contributed by atoms with Crippen LogP contribution in [-0.2, 0) is 6.42 Å². The first-order valence-electron chi connectivity index (χ1n) is 13.4. The van der Waals surface area contributed by atoms with Gasteiger partial charge >= 0.3 is 0 Å². The fraction of sp³-hybridized carbons (Fsp3) is 0.548. The Kier molecular flexibility index (Phi) is 8.55. The maximum atomic E-state index is 15.1. The van der Waals surface area contributed by atoms with Crippen molar-refractivity contribution in [3.05, 3.63) is 76.1 Å². The molecule has 3 heteroatoms. The highest BCUT2D eigenvalue weighted by molar-refractivity contribution is 5.50. The summed E-state index contributed by atoms with van der Waals surface area (Å²) in [6, 6.07) is 9.20. The Morgan fingerprint density at radius 3 is 1.88 bits per heavy atom. The van der Waals surface area contributed by atoms with Crippen LogP contribution in [-0.4, -0.2) is 0 Å². The van der Waals surface area contributed by atoms with Crippen LogP contribution in [0.15, 0.2) is 36.4 Å². The van der Waals surface area contributed by atoms with Crippen molar-refractivity contribution in [2.45, 2.75) is 96.3 Å². The Hall–Kier alpha value is -2.03. The molecule has 0 amide bonds. The molecule has 2 saturated carbocycles. The standard InChI is InChI=1S/C31H39F3/c1-3-5-26-17-12-23(20-29(26)32)7-6-22-10-15-25(16-11-22)28-19-18-27(30(33)31(28)34)24-13-8-21(4-2)9-14-24/h6-7,12,17-22,24-25H,3-5,8-11,13-16H2,1-2H3/b7-6+. The molecule has 2 aromatic carbocycles. The van der Waals surface area contributed by atoms with Gasteiger partial charge < -0.3 is 0 Å². The van der Waals surface area contributed by atoms with Crippen LogP contribution in [0.5, 0.6) is 0 Å². The summed E-state index contributed by atoms with van der Waals surface area (Å²) in [5, 5.41) is 0. The Balaban J connectivity index is 1.35. The van der Waals surface area contributed by atoms with Crippen molar-refractivity contribution in [1.29, 1.82) is 0 Å². The lowest BCUT2D eigenvalue weighted by atomic mass is 9.75. The van der Waals surface area contributed by atoms with Gasteiger partial charge in [-0.25, -0.2) is 13.2 Å². The summed E-state index contributed by atoms with van der Waals surface area (Å²) in [4.78, 5) is 0. The van der Waals surface area contributed by atoms with Gasteiger partial charge in [0.25, 0.3) is 0 Å². The number of allylic oxidation sites excluding steroid dienone is 1. The van der Waals surface area contributed by atoms with Crippen molar-refractivity contribution in [2.24, 2.45) is 11.8 Å². The number of benzene rings is 2. The topological polar surface area (TPSA) is 0 Å². The van der Waals surface area contributed by atoms with E-state index in [2.05, 4.69) is 19.9 Å². The number of hydrogen-bond acceptors (Lipinski definition) is 0. The van der Waals surface area contributed by atoms with E-state index in [-0.39, 0.29) is 17.7 Å². The molecule has 0 atom stereocenters. The Bertz CT molecular complexity index is 976. The van der Waals surface area contributed by atoms with Crippen molar-refractivity contribution < 1.29 is 13.2 Å². The van der Waals surface area contributed by atoms with Crippen molar-refractivity contribution in [3.63, 3.8) is 0 Å². The van der Waals surface area contributed by atoms with Gasteiger partial charge in [0, 0.05) is 0 Å². The van der Waals surface area contributed by atoms with Crippen molar-refractivity contribution in [1.82, 2.24) is 0 Å². The van der Waals surface area contributed by atoms with Gasteiger partial charge in [-0.15, -0.1) is 0 Å². The van der Waals surface area contributed by atoms with E-state index in [1.165, 1.54) is 6.42 Å². The second-order valence-corrected chi connectivity index (χ2v) is 10.6. The molecular formula is C31H39F3. The molecule has 0 heterocycles. The predicted molar refractivity (Wildman–Crippen MR) is 135 cm³/mol. The van der Waals surface area contributed by atoms with Crippen molar-refractivity contribution in [2.75, 3.05) is 0 Å². The largest absolute Gasteiger partial charge is 0.207 e. The fourth-order valence-corrected chi connectivity index (χ4v) is 6.10. The monoisotopic (exact) mass is 468 g/mol. The molecule has 34 heavy (non-hydrogen) atoms. The van der Waals surface area contributed by atoms with Crippen LogP contribution in [0.2, 0.25) is 0 Å². The highest BCUT2D eigenvalue weighted by Gasteiger charge is 2.29. The van der Waals surface area contributed by atoms with Crippen LogP contribution in [0.1, 0.15) is 112 Å². The van der Waals surface area contributed by atoms with Crippen molar-refractivity contribution >= 4 is 6.08 Å². The lowest BCUT2D eigenvalue weighted by Crippen LogP contribution is -2.16. The fourth-order valence-electron chi connectivity index (χ4n) is 6.10. The van der Waals surface area contributed by atoms with E-state index < -0.39 is 11.6 Å². The van der Waals surface area contributed by atoms with E-state index in [1.54, 1.807) is 6.07 Å². The van der Waals surface area contributed by atoms with Gasteiger partial charge in [0.2, 0.25) is 0 Å².